The van der Waals surface area contributed by atoms with Crippen molar-refractivity contribution in [2.75, 3.05) is 33.0 Å². The zero-order valence-corrected chi connectivity index (χ0v) is 33.5. The van der Waals surface area contributed by atoms with Crippen LogP contribution in [0.5, 0.6) is 0 Å². The van der Waals surface area contributed by atoms with Gasteiger partial charge in [-0.15, -0.1) is 0 Å². The molecular formula is C41H77O9P. The Morgan fingerprint density at radius 1 is 0.627 bits per heavy atom. The van der Waals surface area contributed by atoms with Crippen molar-refractivity contribution >= 4 is 13.8 Å². The van der Waals surface area contributed by atoms with Crippen LogP contribution in [-0.4, -0.2) is 66.3 Å². The zero-order chi connectivity index (χ0) is 37.5. The van der Waals surface area contributed by atoms with Crippen LogP contribution < -0.4 is 0 Å². The molecule has 0 aromatic heterocycles. The average molecular weight is 745 g/mol. The molecule has 0 heterocycles. The normalized spacial score (nSPS) is 14.5. The number of esters is 1. The van der Waals surface area contributed by atoms with Gasteiger partial charge in [0.25, 0.3) is 0 Å². The Kier molecular flexibility index (Phi) is 37.4. The molecule has 0 spiro atoms. The first-order valence-electron chi connectivity index (χ1n) is 20.5. The van der Waals surface area contributed by atoms with Gasteiger partial charge >= 0.3 is 13.8 Å². The van der Waals surface area contributed by atoms with Crippen LogP contribution in [0, 0.1) is 0 Å². The number of carbonyl (C=O) groups excluding carboxylic acids is 1. The summed E-state index contributed by atoms with van der Waals surface area (Å²) in [5, 5.41) is 18.3. The molecule has 0 saturated heterocycles. The highest BCUT2D eigenvalue weighted by atomic mass is 31.2. The van der Waals surface area contributed by atoms with Crippen molar-refractivity contribution in [3.8, 4) is 0 Å². The second kappa shape index (κ2) is 38.4. The lowest BCUT2D eigenvalue weighted by atomic mass is 10.0. The van der Waals surface area contributed by atoms with Crippen molar-refractivity contribution in [1.82, 2.24) is 0 Å². The summed E-state index contributed by atoms with van der Waals surface area (Å²) in [5.74, 6) is -0.410. The third-order valence-corrected chi connectivity index (χ3v) is 9.54. The van der Waals surface area contributed by atoms with Gasteiger partial charge in [0.15, 0.2) is 0 Å². The molecule has 0 fully saturated rings. The Morgan fingerprint density at radius 2 is 1.12 bits per heavy atom. The van der Waals surface area contributed by atoms with Gasteiger partial charge in [0.1, 0.15) is 12.2 Å². The Labute approximate surface area is 312 Å². The number of ether oxygens (including phenoxy) is 2. The van der Waals surface area contributed by atoms with E-state index in [0.717, 1.165) is 57.8 Å². The molecule has 0 aliphatic heterocycles. The van der Waals surface area contributed by atoms with E-state index in [0.29, 0.717) is 13.0 Å². The maximum Gasteiger partial charge on any atom is 0.472 e. The fourth-order valence-corrected chi connectivity index (χ4v) is 6.28. The van der Waals surface area contributed by atoms with E-state index in [9.17, 15) is 19.4 Å². The van der Waals surface area contributed by atoms with Gasteiger partial charge in [0.05, 0.1) is 26.4 Å². The number of aliphatic hydroxyl groups is 2. The summed E-state index contributed by atoms with van der Waals surface area (Å²) >= 11 is 0. The lowest BCUT2D eigenvalue weighted by Gasteiger charge is -2.20. The smallest absolute Gasteiger partial charge is 0.457 e. The van der Waals surface area contributed by atoms with Crippen molar-refractivity contribution in [2.24, 2.45) is 0 Å². The number of unbranched alkanes of at least 4 members (excludes halogenated alkanes) is 19. The van der Waals surface area contributed by atoms with E-state index in [1.807, 2.05) is 0 Å². The maximum absolute atomic E-state index is 12.6. The highest BCUT2D eigenvalue weighted by molar-refractivity contribution is 7.47. The average Bonchev–Trinajstić information content (AvgIpc) is 3.12. The third kappa shape index (κ3) is 38.2. The molecule has 0 aliphatic carbocycles. The summed E-state index contributed by atoms with van der Waals surface area (Å²) < 4.78 is 33.3. The van der Waals surface area contributed by atoms with Crippen molar-refractivity contribution in [3.63, 3.8) is 0 Å². The summed E-state index contributed by atoms with van der Waals surface area (Å²) in [6, 6.07) is 0. The summed E-state index contributed by atoms with van der Waals surface area (Å²) in [6.45, 7) is 3.37. The van der Waals surface area contributed by atoms with E-state index >= 15 is 0 Å². The van der Waals surface area contributed by atoms with Crippen molar-refractivity contribution in [1.29, 1.82) is 0 Å². The number of phosphoric ester groups is 1. The van der Waals surface area contributed by atoms with Gasteiger partial charge in [-0.1, -0.05) is 159 Å². The lowest BCUT2D eigenvalue weighted by molar-refractivity contribution is -0.154. The fourth-order valence-electron chi connectivity index (χ4n) is 5.49. The quantitative estimate of drug-likeness (QED) is 0.0243. The van der Waals surface area contributed by atoms with Crippen molar-refractivity contribution in [3.05, 3.63) is 36.5 Å². The molecule has 0 aromatic rings. The molecule has 0 aromatic carbocycles. The molecule has 0 aliphatic rings. The minimum Gasteiger partial charge on any atom is -0.457 e. The van der Waals surface area contributed by atoms with Gasteiger partial charge in [-0.05, 0) is 44.9 Å². The molecule has 3 atom stereocenters. The Morgan fingerprint density at radius 3 is 1.67 bits per heavy atom. The van der Waals surface area contributed by atoms with E-state index < -0.39 is 39.2 Å². The molecule has 10 heteroatoms. The van der Waals surface area contributed by atoms with E-state index in [2.05, 4.69) is 50.3 Å². The molecule has 0 bridgehead atoms. The predicted molar refractivity (Wildman–Crippen MR) is 210 cm³/mol. The summed E-state index contributed by atoms with van der Waals surface area (Å²) in [5.41, 5.74) is 0. The van der Waals surface area contributed by atoms with Crippen LogP contribution in [-0.2, 0) is 27.9 Å². The van der Waals surface area contributed by atoms with Crippen LogP contribution in [0.1, 0.15) is 174 Å². The molecule has 51 heavy (non-hydrogen) atoms. The Hall–Kier alpha value is -1.32. The highest BCUT2D eigenvalue weighted by Crippen LogP contribution is 2.43. The van der Waals surface area contributed by atoms with Gasteiger partial charge in [-0.3, -0.25) is 13.8 Å². The molecule has 3 unspecified atom stereocenters. The summed E-state index contributed by atoms with van der Waals surface area (Å²) in [6.07, 6.45) is 39.6. The fraction of sp³-hybridized carbons (Fsp3) is 0.829. The van der Waals surface area contributed by atoms with Crippen LogP contribution in [0.25, 0.3) is 0 Å². The number of rotatable bonds is 39. The number of carbonyl (C=O) groups is 1. The largest absolute Gasteiger partial charge is 0.472 e. The van der Waals surface area contributed by atoms with E-state index in [1.54, 1.807) is 0 Å². The Bertz CT molecular complexity index is 892. The SMILES string of the molecule is CC/C=C\C/C=C\C/C=C\CCCCCC(=O)OC(COCCCCCCCCCCCCCCCCCCC)COP(=O)(O)OCC(O)CO. The molecule has 0 rings (SSSR count). The molecule has 0 saturated carbocycles. The van der Waals surface area contributed by atoms with Crippen LogP contribution in [0.3, 0.4) is 0 Å². The molecule has 3 N–H and O–H groups in total. The van der Waals surface area contributed by atoms with Crippen LogP contribution >= 0.6 is 7.82 Å². The third-order valence-electron chi connectivity index (χ3n) is 8.59. The topological polar surface area (TPSA) is 132 Å². The predicted octanol–water partition coefficient (Wildman–Crippen LogP) is 10.9. The van der Waals surface area contributed by atoms with Gasteiger partial charge in [-0.2, -0.15) is 0 Å². The molecule has 0 amide bonds. The summed E-state index contributed by atoms with van der Waals surface area (Å²) in [7, 11) is -4.52. The number of aliphatic hydroxyl groups excluding tert-OH is 2. The number of hydrogen-bond acceptors (Lipinski definition) is 8. The summed E-state index contributed by atoms with van der Waals surface area (Å²) in [4.78, 5) is 22.5. The first-order valence-corrected chi connectivity index (χ1v) is 22.0. The second-order valence-electron chi connectivity index (χ2n) is 13.6. The van der Waals surface area contributed by atoms with Gasteiger partial charge in [-0.25, -0.2) is 4.57 Å². The van der Waals surface area contributed by atoms with Crippen LogP contribution in [0.2, 0.25) is 0 Å². The van der Waals surface area contributed by atoms with Crippen LogP contribution in [0.4, 0.5) is 0 Å². The standard InChI is InChI=1S/C41H77O9P/c1-3-5-7-9-11-13-15-17-18-19-20-22-24-26-28-30-32-34-47-37-40(38-49-51(45,46)48-36-39(43)35-42)50-41(44)33-31-29-27-25-23-21-16-14-12-10-8-6-4-2/h6,8,12,14,21,23,39-40,42-43H,3-5,7,9-11,13,15-20,22,24-38H2,1-2H3,(H,45,46)/b8-6-,14-12-,23-21-. The van der Waals surface area contributed by atoms with Crippen molar-refractivity contribution < 1.29 is 43.0 Å². The van der Waals surface area contributed by atoms with Gasteiger partial charge in [0, 0.05) is 13.0 Å². The van der Waals surface area contributed by atoms with Gasteiger partial charge in [0.2, 0.25) is 0 Å². The highest BCUT2D eigenvalue weighted by Gasteiger charge is 2.26. The molecule has 300 valence electrons. The second-order valence-corrected chi connectivity index (χ2v) is 15.1. The maximum atomic E-state index is 12.6. The van der Waals surface area contributed by atoms with E-state index in [-0.39, 0.29) is 19.6 Å². The van der Waals surface area contributed by atoms with Crippen LogP contribution in [0.15, 0.2) is 36.5 Å². The minimum atomic E-state index is -4.52. The first kappa shape index (κ1) is 49.7. The minimum absolute atomic E-state index is 0.0397. The molecule has 0 radical (unpaired) electrons. The molecular weight excluding hydrogens is 667 g/mol. The van der Waals surface area contributed by atoms with E-state index in [4.69, 9.17) is 23.6 Å². The Balaban J connectivity index is 4.20. The zero-order valence-electron chi connectivity index (χ0n) is 32.6. The number of hydrogen-bond donors (Lipinski definition) is 3. The van der Waals surface area contributed by atoms with E-state index in [1.165, 1.54) is 89.9 Å². The first-order chi connectivity index (χ1) is 24.8. The van der Waals surface area contributed by atoms with Gasteiger partial charge < -0.3 is 24.6 Å². The van der Waals surface area contributed by atoms with Crippen molar-refractivity contribution in [2.45, 2.75) is 187 Å². The number of phosphoric acid groups is 1. The monoisotopic (exact) mass is 745 g/mol. The number of allylic oxidation sites excluding steroid dienone is 6. The molecule has 9 nitrogen and oxygen atoms in total. The lowest BCUT2D eigenvalue weighted by Crippen LogP contribution is -2.29.